The van der Waals surface area contributed by atoms with Crippen molar-refractivity contribution >= 4 is 11.7 Å². The van der Waals surface area contributed by atoms with Crippen molar-refractivity contribution in [2.45, 2.75) is 13.3 Å². The van der Waals surface area contributed by atoms with Crippen LogP contribution in [0.1, 0.15) is 11.3 Å². The van der Waals surface area contributed by atoms with Crippen LogP contribution in [-0.2, 0) is 11.2 Å². The van der Waals surface area contributed by atoms with E-state index in [1.165, 1.54) is 0 Å². The third-order valence-electron chi connectivity index (χ3n) is 2.39. The maximum absolute atomic E-state index is 11.8. The fourth-order valence-electron chi connectivity index (χ4n) is 1.58. The summed E-state index contributed by atoms with van der Waals surface area (Å²) in [5, 5.41) is 6.36. The molecule has 0 aliphatic rings. The number of hydrogen-bond donors (Lipinski definition) is 1. The van der Waals surface area contributed by atoms with Crippen molar-refractivity contribution in [3.8, 4) is 5.75 Å². The predicted molar refractivity (Wildman–Crippen MR) is 66.6 cm³/mol. The van der Waals surface area contributed by atoms with Gasteiger partial charge in [0.15, 0.2) is 5.82 Å². The molecule has 0 spiro atoms. The normalized spacial score (nSPS) is 10.1. The number of nitrogens with zero attached hydrogens (tertiary/aromatic N) is 1. The average molecular weight is 246 g/mol. The first-order valence-corrected chi connectivity index (χ1v) is 5.53. The number of aromatic nitrogens is 1. The van der Waals surface area contributed by atoms with E-state index in [1.54, 1.807) is 20.1 Å². The lowest BCUT2D eigenvalue weighted by Crippen LogP contribution is -2.14. The zero-order chi connectivity index (χ0) is 13.0. The largest absolute Gasteiger partial charge is 0.497 e. The van der Waals surface area contributed by atoms with Gasteiger partial charge in [-0.1, -0.05) is 17.3 Å². The summed E-state index contributed by atoms with van der Waals surface area (Å²) < 4.78 is 9.97. The highest BCUT2D eigenvalue weighted by atomic mass is 16.5. The molecule has 1 N–H and O–H groups in total. The van der Waals surface area contributed by atoms with Crippen LogP contribution in [0.4, 0.5) is 5.82 Å². The Hall–Kier alpha value is -2.30. The second kappa shape index (κ2) is 5.35. The number of benzene rings is 1. The molecule has 0 saturated carbocycles. The highest BCUT2D eigenvalue weighted by Gasteiger charge is 2.07. The quantitative estimate of drug-likeness (QED) is 0.898. The molecule has 2 aromatic rings. The molecule has 0 saturated heterocycles. The van der Waals surface area contributed by atoms with Gasteiger partial charge >= 0.3 is 0 Å². The Morgan fingerprint density at radius 2 is 2.28 bits per heavy atom. The van der Waals surface area contributed by atoms with E-state index in [-0.39, 0.29) is 12.3 Å². The molecule has 0 aliphatic heterocycles. The molecule has 0 aliphatic carbocycles. The van der Waals surface area contributed by atoms with Crippen LogP contribution in [0.2, 0.25) is 0 Å². The monoisotopic (exact) mass is 246 g/mol. The molecular formula is C13H14N2O3. The maximum atomic E-state index is 11.8. The van der Waals surface area contributed by atoms with Gasteiger partial charge in [0, 0.05) is 6.07 Å². The number of aryl methyl sites for hydroxylation is 1. The number of carbonyl (C=O) groups is 1. The van der Waals surface area contributed by atoms with Crippen molar-refractivity contribution < 1.29 is 14.1 Å². The lowest BCUT2D eigenvalue weighted by atomic mass is 10.1. The zero-order valence-electron chi connectivity index (χ0n) is 10.3. The van der Waals surface area contributed by atoms with Gasteiger partial charge in [-0.25, -0.2) is 0 Å². The van der Waals surface area contributed by atoms with Crippen LogP contribution in [0.25, 0.3) is 0 Å². The minimum atomic E-state index is -0.142. The molecule has 1 aromatic heterocycles. The molecule has 0 fully saturated rings. The van der Waals surface area contributed by atoms with Crippen LogP contribution in [0.5, 0.6) is 5.75 Å². The maximum Gasteiger partial charge on any atom is 0.230 e. The summed E-state index contributed by atoms with van der Waals surface area (Å²) in [7, 11) is 1.59. The number of anilines is 1. The van der Waals surface area contributed by atoms with Crippen molar-refractivity contribution in [1.82, 2.24) is 5.16 Å². The van der Waals surface area contributed by atoms with Gasteiger partial charge in [0.1, 0.15) is 11.5 Å². The van der Waals surface area contributed by atoms with Crippen LogP contribution in [0.15, 0.2) is 34.9 Å². The molecule has 0 radical (unpaired) electrons. The number of ether oxygens (including phenoxy) is 1. The molecule has 1 aromatic carbocycles. The van der Waals surface area contributed by atoms with Gasteiger partial charge in [-0.2, -0.15) is 0 Å². The number of carbonyl (C=O) groups excluding carboxylic acids is 1. The third-order valence-corrected chi connectivity index (χ3v) is 2.39. The number of nitrogens with one attached hydrogen (secondary N) is 1. The minimum Gasteiger partial charge on any atom is -0.497 e. The Kier molecular flexibility index (Phi) is 3.62. The summed E-state index contributed by atoms with van der Waals surface area (Å²) >= 11 is 0. The Balaban J connectivity index is 1.98. The van der Waals surface area contributed by atoms with E-state index in [1.807, 2.05) is 24.3 Å². The van der Waals surface area contributed by atoms with Crippen molar-refractivity contribution in [1.29, 1.82) is 0 Å². The smallest absolute Gasteiger partial charge is 0.230 e. The van der Waals surface area contributed by atoms with Crippen LogP contribution in [0, 0.1) is 6.92 Å². The van der Waals surface area contributed by atoms with Gasteiger partial charge in [0.25, 0.3) is 0 Å². The fourth-order valence-corrected chi connectivity index (χ4v) is 1.58. The van der Waals surface area contributed by atoms with Gasteiger partial charge in [0.2, 0.25) is 5.91 Å². The van der Waals surface area contributed by atoms with Crippen LogP contribution >= 0.6 is 0 Å². The number of amides is 1. The van der Waals surface area contributed by atoms with Crippen LogP contribution in [0.3, 0.4) is 0 Å². The summed E-state index contributed by atoms with van der Waals surface area (Å²) in [5.74, 6) is 1.68. The molecule has 0 atom stereocenters. The average Bonchev–Trinajstić information content (AvgIpc) is 2.74. The summed E-state index contributed by atoms with van der Waals surface area (Å²) in [4.78, 5) is 11.8. The second-order valence-corrected chi connectivity index (χ2v) is 3.90. The van der Waals surface area contributed by atoms with Crippen LogP contribution < -0.4 is 10.1 Å². The first-order chi connectivity index (χ1) is 8.67. The Bertz CT molecular complexity index is 549. The highest BCUT2D eigenvalue weighted by Crippen LogP contribution is 2.14. The molecule has 1 amide bonds. The molecule has 5 nitrogen and oxygen atoms in total. The van der Waals surface area contributed by atoms with Gasteiger partial charge in [0.05, 0.1) is 13.5 Å². The molecule has 5 heteroatoms. The van der Waals surface area contributed by atoms with E-state index in [0.29, 0.717) is 11.6 Å². The topological polar surface area (TPSA) is 64.4 Å². The Morgan fingerprint density at radius 3 is 2.94 bits per heavy atom. The molecule has 0 unspecified atom stereocenters. The molecule has 0 bridgehead atoms. The van der Waals surface area contributed by atoms with E-state index in [0.717, 1.165) is 11.3 Å². The summed E-state index contributed by atoms with van der Waals surface area (Å²) in [6, 6.07) is 9.05. The van der Waals surface area contributed by atoms with Gasteiger partial charge in [-0.3, -0.25) is 4.79 Å². The standard InChI is InChI=1S/C13H14N2O3/c1-9-6-12(15-18-9)14-13(16)8-10-4-3-5-11(7-10)17-2/h3-7H,8H2,1-2H3,(H,14,15,16). The lowest BCUT2D eigenvalue weighted by Gasteiger charge is -2.04. The Labute approximate surface area is 105 Å². The lowest BCUT2D eigenvalue weighted by molar-refractivity contribution is -0.115. The first-order valence-electron chi connectivity index (χ1n) is 5.53. The third kappa shape index (κ3) is 3.10. The van der Waals surface area contributed by atoms with E-state index in [4.69, 9.17) is 9.26 Å². The number of rotatable bonds is 4. The predicted octanol–water partition coefficient (Wildman–Crippen LogP) is 2.17. The van der Waals surface area contributed by atoms with Gasteiger partial charge in [-0.05, 0) is 24.6 Å². The van der Waals surface area contributed by atoms with Crippen molar-refractivity contribution in [2.24, 2.45) is 0 Å². The van der Waals surface area contributed by atoms with Crippen molar-refractivity contribution in [3.05, 3.63) is 41.7 Å². The highest BCUT2D eigenvalue weighted by molar-refractivity contribution is 5.91. The first kappa shape index (κ1) is 12.2. The summed E-state index contributed by atoms with van der Waals surface area (Å²) in [6.45, 7) is 1.77. The molecular weight excluding hydrogens is 232 g/mol. The number of hydrogen-bond acceptors (Lipinski definition) is 4. The van der Waals surface area contributed by atoms with E-state index < -0.39 is 0 Å². The second-order valence-electron chi connectivity index (χ2n) is 3.90. The van der Waals surface area contributed by atoms with Gasteiger partial charge < -0.3 is 14.6 Å². The summed E-state index contributed by atoms with van der Waals surface area (Å²) in [5.41, 5.74) is 0.882. The SMILES string of the molecule is COc1cccc(CC(=O)Nc2cc(C)on2)c1. The van der Waals surface area contributed by atoms with Crippen LogP contribution in [-0.4, -0.2) is 18.2 Å². The van der Waals surface area contributed by atoms with E-state index >= 15 is 0 Å². The molecule has 94 valence electrons. The van der Waals surface area contributed by atoms with E-state index in [9.17, 15) is 4.79 Å². The zero-order valence-corrected chi connectivity index (χ0v) is 10.3. The minimum absolute atomic E-state index is 0.142. The fraction of sp³-hybridized carbons (Fsp3) is 0.231. The molecule has 2 rings (SSSR count). The number of methoxy groups -OCH3 is 1. The van der Waals surface area contributed by atoms with Crippen molar-refractivity contribution in [3.63, 3.8) is 0 Å². The summed E-state index contributed by atoms with van der Waals surface area (Å²) in [6.07, 6.45) is 0.267. The molecule has 18 heavy (non-hydrogen) atoms. The molecule has 1 heterocycles. The van der Waals surface area contributed by atoms with Gasteiger partial charge in [-0.15, -0.1) is 0 Å². The Morgan fingerprint density at radius 1 is 1.44 bits per heavy atom. The van der Waals surface area contributed by atoms with E-state index in [2.05, 4.69) is 10.5 Å². The van der Waals surface area contributed by atoms with Crippen molar-refractivity contribution in [2.75, 3.05) is 12.4 Å².